The van der Waals surface area contributed by atoms with Crippen LogP contribution in [0.4, 0.5) is 11.6 Å². The Morgan fingerprint density at radius 1 is 1.44 bits per heavy atom. The van der Waals surface area contributed by atoms with Gasteiger partial charge in [0.2, 0.25) is 0 Å². The summed E-state index contributed by atoms with van der Waals surface area (Å²) in [6, 6.07) is 0. The number of nitrogens with one attached hydrogen (secondary N) is 1. The first kappa shape index (κ1) is 11.2. The molecule has 0 aliphatic heterocycles. The van der Waals surface area contributed by atoms with Crippen LogP contribution in [0.5, 0.6) is 0 Å². The molecule has 1 aliphatic carbocycles. The van der Waals surface area contributed by atoms with Crippen LogP contribution >= 0.6 is 0 Å². The smallest absolute Gasteiger partial charge is 0.134 e. The second-order valence-electron chi connectivity index (χ2n) is 4.49. The number of nitrogen functional groups attached to an aromatic ring is 1. The third-order valence-corrected chi connectivity index (χ3v) is 3.02. The van der Waals surface area contributed by atoms with Gasteiger partial charge in [0.25, 0.3) is 0 Å². The summed E-state index contributed by atoms with van der Waals surface area (Å²) < 4.78 is 0. The van der Waals surface area contributed by atoms with Crippen molar-refractivity contribution in [2.45, 2.75) is 39.0 Å². The number of nitrogens with two attached hydrogens (primary N) is 1. The highest BCUT2D eigenvalue weighted by molar-refractivity contribution is 5.54. The van der Waals surface area contributed by atoms with Crippen LogP contribution in [0.1, 0.15) is 38.2 Å². The van der Waals surface area contributed by atoms with E-state index in [-0.39, 0.29) is 0 Å². The lowest BCUT2D eigenvalue weighted by Crippen LogP contribution is -2.09. The van der Waals surface area contributed by atoms with Gasteiger partial charge in [0.1, 0.15) is 18.0 Å². The molecule has 3 N–H and O–H groups in total. The van der Waals surface area contributed by atoms with Gasteiger partial charge in [-0.1, -0.05) is 26.2 Å². The van der Waals surface area contributed by atoms with Crippen molar-refractivity contribution in [2.75, 3.05) is 17.6 Å². The lowest BCUT2D eigenvalue weighted by atomic mass is 10.1. The lowest BCUT2D eigenvalue weighted by Gasteiger charge is -2.11. The minimum absolute atomic E-state index is 0.616. The normalized spacial score (nSPS) is 15.1. The lowest BCUT2D eigenvalue weighted by molar-refractivity contribution is 0.756. The van der Waals surface area contributed by atoms with E-state index in [0.29, 0.717) is 5.82 Å². The van der Waals surface area contributed by atoms with Crippen molar-refractivity contribution in [3.05, 3.63) is 11.9 Å². The van der Waals surface area contributed by atoms with E-state index in [9.17, 15) is 0 Å². The second-order valence-corrected chi connectivity index (χ2v) is 4.49. The number of aromatic nitrogens is 2. The van der Waals surface area contributed by atoms with Crippen LogP contribution < -0.4 is 11.1 Å². The Bertz CT molecular complexity index is 347. The maximum absolute atomic E-state index is 5.86. The molecule has 1 aromatic rings. The maximum atomic E-state index is 5.86. The second kappa shape index (κ2) is 5.14. The monoisotopic (exact) mass is 220 g/mol. The minimum atomic E-state index is 0.616. The van der Waals surface area contributed by atoms with E-state index in [2.05, 4.69) is 22.2 Å². The van der Waals surface area contributed by atoms with Crippen molar-refractivity contribution < 1.29 is 0 Å². The topological polar surface area (TPSA) is 63.8 Å². The zero-order valence-electron chi connectivity index (χ0n) is 9.87. The highest BCUT2D eigenvalue weighted by Gasteiger charge is 2.20. The molecule has 16 heavy (non-hydrogen) atoms. The van der Waals surface area contributed by atoms with E-state index in [0.717, 1.165) is 36.7 Å². The molecular weight excluding hydrogens is 200 g/mol. The number of rotatable bonds is 6. The molecule has 1 fully saturated rings. The van der Waals surface area contributed by atoms with Crippen LogP contribution in [0.2, 0.25) is 0 Å². The van der Waals surface area contributed by atoms with E-state index >= 15 is 0 Å². The van der Waals surface area contributed by atoms with Crippen molar-refractivity contribution in [2.24, 2.45) is 5.92 Å². The van der Waals surface area contributed by atoms with Crippen LogP contribution in [0, 0.1) is 5.92 Å². The molecule has 0 atom stereocenters. The SMILES string of the molecule is CCCc1c(N)ncnc1NCCC1CC1. The fourth-order valence-corrected chi connectivity index (χ4v) is 1.88. The summed E-state index contributed by atoms with van der Waals surface area (Å²) in [5.41, 5.74) is 6.93. The van der Waals surface area contributed by atoms with Gasteiger partial charge in [0.15, 0.2) is 0 Å². The summed E-state index contributed by atoms with van der Waals surface area (Å²) in [5.74, 6) is 2.49. The molecule has 0 spiro atoms. The van der Waals surface area contributed by atoms with E-state index in [1.165, 1.54) is 25.6 Å². The molecule has 1 aliphatic rings. The van der Waals surface area contributed by atoms with Crippen LogP contribution in [0.25, 0.3) is 0 Å². The molecule has 1 saturated carbocycles. The van der Waals surface area contributed by atoms with Crippen molar-refractivity contribution >= 4 is 11.6 Å². The van der Waals surface area contributed by atoms with E-state index in [1.54, 1.807) is 0 Å². The first-order valence-corrected chi connectivity index (χ1v) is 6.14. The quantitative estimate of drug-likeness (QED) is 0.771. The Balaban J connectivity index is 1.96. The summed E-state index contributed by atoms with van der Waals surface area (Å²) >= 11 is 0. The van der Waals surface area contributed by atoms with Gasteiger partial charge < -0.3 is 11.1 Å². The molecule has 88 valence electrons. The number of hydrogen-bond donors (Lipinski definition) is 2. The summed E-state index contributed by atoms with van der Waals surface area (Å²) in [6.45, 7) is 3.14. The number of anilines is 2. The molecule has 4 heteroatoms. The van der Waals surface area contributed by atoms with Crippen LogP contribution in [-0.2, 0) is 6.42 Å². The molecule has 2 rings (SSSR count). The summed E-state index contributed by atoms with van der Waals surface area (Å²) in [5, 5.41) is 3.38. The Hall–Kier alpha value is -1.32. The van der Waals surface area contributed by atoms with E-state index in [1.807, 2.05) is 0 Å². The van der Waals surface area contributed by atoms with Gasteiger partial charge in [-0.15, -0.1) is 0 Å². The average molecular weight is 220 g/mol. The van der Waals surface area contributed by atoms with Gasteiger partial charge in [0.05, 0.1) is 0 Å². The highest BCUT2D eigenvalue weighted by atomic mass is 15.0. The molecule has 0 aromatic carbocycles. The molecule has 4 nitrogen and oxygen atoms in total. The van der Waals surface area contributed by atoms with Gasteiger partial charge >= 0.3 is 0 Å². The van der Waals surface area contributed by atoms with Crippen molar-refractivity contribution in [1.29, 1.82) is 0 Å². The molecular formula is C12H20N4. The summed E-state index contributed by atoms with van der Waals surface area (Å²) in [6.07, 6.45) is 7.58. The van der Waals surface area contributed by atoms with Gasteiger partial charge in [-0.2, -0.15) is 0 Å². The predicted molar refractivity (Wildman–Crippen MR) is 66.3 cm³/mol. The van der Waals surface area contributed by atoms with Crippen LogP contribution in [0.15, 0.2) is 6.33 Å². The zero-order chi connectivity index (χ0) is 11.4. The van der Waals surface area contributed by atoms with E-state index in [4.69, 9.17) is 5.73 Å². The molecule has 0 amide bonds. The molecule has 1 heterocycles. The van der Waals surface area contributed by atoms with Gasteiger partial charge in [-0.3, -0.25) is 0 Å². The molecule has 0 bridgehead atoms. The van der Waals surface area contributed by atoms with Gasteiger partial charge in [-0.25, -0.2) is 9.97 Å². The Morgan fingerprint density at radius 3 is 2.94 bits per heavy atom. The highest BCUT2D eigenvalue weighted by Crippen LogP contribution is 2.32. The summed E-state index contributed by atoms with van der Waals surface area (Å²) in [4.78, 5) is 8.31. The molecule has 0 saturated heterocycles. The first-order chi connectivity index (χ1) is 7.81. The predicted octanol–water partition coefficient (Wildman–Crippen LogP) is 2.22. The van der Waals surface area contributed by atoms with Gasteiger partial charge in [0, 0.05) is 12.1 Å². The Labute approximate surface area is 96.7 Å². The molecule has 0 unspecified atom stereocenters. The number of nitrogens with zero attached hydrogens (tertiary/aromatic N) is 2. The largest absolute Gasteiger partial charge is 0.383 e. The fourth-order valence-electron chi connectivity index (χ4n) is 1.88. The van der Waals surface area contributed by atoms with Crippen LogP contribution in [0.3, 0.4) is 0 Å². The van der Waals surface area contributed by atoms with E-state index < -0.39 is 0 Å². The third kappa shape index (κ3) is 2.84. The maximum Gasteiger partial charge on any atom is 0.134 e. The molecule has 1 aromatic heterocycles. The van der Waals surface area contributed by atoms with Crippen molar-refractivity contribution in [1.82, 2.24) is 9.97 Å². The van der Waals surface area contributed by atoms with Crippen LogP contribution in [-0.4, -0.2) is 16.5 Å². The molecule has 0 radical (unpaired) electrons. The average Bonchev–Trinajstić information content (AvgIpc) is 3.07. The Morgan fingerprint density at radius 2 is 2.25 bits per heavy atom. The fraction of sp³-hybridized carbons (Fsp3) is 0.667. The Kier molecular flexibility index (Phi) is 3.59. The number of hydrogen-bond acceptors (Lipinski definition) is 4. The third-order valence-electron chi connectivity index (χ3n) is 3.02. The van der Waals surface area contributed by atoms with Crippen molar-refractivity contribution in [3.8, 4) is 0 Å². The summed E-state index contributed by atoms with van der Waals surface area (Å²) in [7, 11) is 0. The first-order valence-electron chi connectivity index (χ1n) is 6.14. The van der Waals surface area contributed by atoms with Gasteiger partial charge in [-0.05, 0) is 18.8 Å². The standard InChI is InChI=1S/C12H20N4/c1-2-3-10-11(13)15-8-16-12(10)14-7-6-9-4-5-9/h8-9H,2-7H2,1H3,(H3,13,14,15,16). The zero-order valence-corrected chi connectivity index (χ0v) is 9.87. The minimum Gasteiger partial charge on any atom is -0.383 e. The van der Waals surface area contributed by atoms with Crippen molar-refractivity contribution in [3.63, 3.8) is 0 Å².